The van der Waals surface area contributed by atoms with Crippen molar-refractivity contribution in [3.05, 3.63) is 37.2 Å². The number of anilines is 1. The van der Waals surface area contributed by atoms with Crippen LogP contribution < -0.4 is 10.1 Å². The van der Waals surface area contributed by atoms with Crippen LogP contribution in [0.5, 0.6) is 5.75 Å². The zero-order valence-corrected chi connectivity index (χ0v) is 13.3. The highest BCUT2D eigenvalue weighted by Gasteiger charge is 2.09. The Hall–Kier alpha value is -0.490. The molecule has 0 unspecified atom stereocenters. The SMILES string of the molecule is COc1c(Br)cc(Cl)cc1NCc1cnc(Cl)s1. The minimum atomic E-state index is 0.533. The summed E-state index contributed by atoms with van der Waals surface area (Å²) in [4.78, 5) is 5.02. The highest BCUT2D eigenvalue weighted by atomic mass is 79.9. The Bertz CT molecular complexity index is 562. The number of methoxy groups -OCH3 is 1. The monoisotopic (exact) mass is 366 g/mol. The van der Waals surface area contributed by atoms with E-state index in [1.807, 2.05) is 6.07 Å². The van der Waals surface area contributed by atoms with Gasteiger partial charge in [0.1, 0.15) is 0 Å². The second-order valence-corrected chi connectivity index (χ2v) is 6.39. The highest BCUT2D eigenvalue weighted by Crippen LogP contribution is 2.36. The van der Waals surface area contributed by atoms with Crippen molar-refractivity contribution in [3.8, 4) is 5.75 Å². The minimum Gasteiger partial charge on any atom is -0.493 e. The molecule has 0 radical (unpaired) electrons. The number of thiazole rings is 1. The van der Waals surface area contributed by atoms with Crippen LogP contribution in [0.25, 0.3) is 0 Å². The lowest BCUT2D eigenvalue weighted by Gasteiger charge is -2.12. The predicted molar refractivity (Wildman–Crippen MR) is 80.2 cm³/mol. The number of hydrogen-bond acceptors (Lipinski definition) is 4. The number of ether oxygens (including phenoxy) is 1. The molecule has 0 amide bonds. The van der Waals surface area contributed by atoms with Crippen molar-refractivity contribution in [2.45, 2.75) is 6.54 Å². The average Bonchev–Trinajstić information content (AvgIpc) is 2.72. The number of aromatic nitrogens is 1. The van der Waals surface area contributed by atoms with Crippen molar-refractivity contribution in [1.29, 1.82) is 0 Å². The molecular weight excluding hydrogens is 359 g/mol. The maximum absolute atomic E-state index is 6.01. The smallest absolute Gasteiger partial charge is 0.183 e. The maximum atomic E-state index is 6.01. The third-order valence-electron chi connectivity index (χ3n) is 2.19. The van der Waals surface area contributed by atoms with E-state index in [2.05, 4.69) is 26.2 Å². The number of halogens is 3. The van der Waals surface area contributed by atoms with Crippen LogP contribution in [-0.4, -0.2) is 12.1 Å². The third-order valence-corrected chi connectivity index (χ3v) is 4.11. The number of nitrogens with one attached hydrogen (secondary N) is 1. The van der Waals surface area contributed by atoms with Crippen LogP contribution in [0.4, 0.5) is 5.69 Å². The van der Waals surface area contributed by atoms with Crippen molar-refractivity contribution in [2.75, 3.05) is 12.4 Å². The van der Waals surface area contributed by atoms with Gasteiger partial charge in [0.25, 0.3) is 0 Å². The molecule has 0 spiro atoms. The molecule has 2 aromatic rings. The normalized spacial score (nSPS) is 10.4. The van der Waals surface area contributed by atoms with Gasteiger partial charge in [0.2, 0.25) is 0 Å². The van der Waals surface area contributed by atoms with E-state index < -0.39 is 0 Å². The Morgan fingerprint density at radius 2 is 2.22 bits per heavy atom. The minimum absolute atomic E-state index is 0.533. The summed E-state index contributed by atoms with van der Waals surface area (Å²) in [6.07, 6.45) is 1.74. The number of benzene rings is 1. The third kappa shape index (κ3) is 3.29. The summed E-state index contributed by atoms with van der Waals surface area (Å²) in [7, 11) is 1.61. The molecule has 0 fully saturated rings. The summed E-state index contributed by atoms with van der Waals surface area (Å²) in [5.74, 6) is 0.718. The van der Waals surface area contributed by atoms with Crippen LogP contribution in [0.2, 0.25) is 9.49 Å². The van der Waals surface area contributed by atoms with Gasteiger partial charge in [0.15, 0.2) is 10.2 Å². The molecule has 0 aliphatic rings. The van der Waals surface area contributed by atoms with Gasteiger partial charge in [-0.25, -0.2) is 4.98 Å². The van der Waals surface area contributed by atoms with Gasteiger partial charge in [0.05, 0.1) is 23.8 Å². The molecule has 0 atom stereocenters. The number of nitrogens with zero attached hydrogens (tertiary/aromatic N) is 1. The second kappa shape index (κ2) is 6.10. The first kappa shape index (κ1) is 13.9. The molecule has 2 rings (SSSR count). The molecule has 0 aliphatic heterocycles. The summed E-state index contributed by atoms with van der Waals surface area (Å²) < 4.78 is 6.66. The zero-order valence-electron chi connectivity index (χ0n) is 9.34. The highest BCUT2D eigenvalue weighted by molar-refractivity contribution is 9.10. The summed E-state index contributed by atoms with van der Waals surface area (Å²) >= 11 is 16.6. The number of hydrogen-bond donors (Lipinski definition) is 1. The molecule has 0 saturated carbocycles. The van der Waals surface area contributed by atoms with E-state index >= 15 is 0 Å². The van der Waals surface area contributed by atoms with Gasteiger partial charge in [0, 0.05) is 16.1 Å². The molecular formula is C11H9BrCl2N2OS. The second-order valence-electron chi connectivity index (χ2n) is 3.40. The van der Waals surface area contributed by atoms with Gasteiger partial charge in [-0.2, -0.15) is 0 Å². The van der Waals surface area contributed by atoms with Crippen LogP contribution >= 0.6 is 50.5 Å². The summed E-state index contributed by atoms with van der Waals surface area (Å²) in [5, 5.41) is 3.88. The number of rotatable bonds is 4. The van der Waals surface area contributed by atoms with E-state index in [1.165, 1.54) is 11.3 Å². The fourth-order valence-electron chi connectivity index (χ4n) is 1.45. The molecule has 1 aromatic carbocycles. The molecule has 0 aliphatic carbocycles. The lowest BCUT2D eigenvalue weighted by Crippen LogP contribution is -2.00. The van der Waals surface area contributed by atoms with E-state index in [-0.39, 0.29) is 0 Å². The van der Waals surface area contributed by atoms with Gasteiger partial charge in [-0.1, -0.05) is 23.2 Å². The van der Waals surface area contributed by atoms with E-state index in [0.717, 1.165) is 20.8 Å². The van der Waals surface area contributed by atoms with Gasteiger partial charge in [-0.15, -0.1) is 11.3 Å². The van der Waals surface area contributed by atoms with E-state index in [1.54, 1.807) is 19.4 Å². The standard InChI is InChI=1S/C11H9BrCl2N2OS/c1-17-10-8(12)2-6(13)3-9(10)15-4-7-5-16-11(14)18-7/h2-3,5,15H,4H2,1H3. The molecule has 1 aromatic heterocycles. The van der Waals surface area contributed by atoms with Crippen LogP contribution in [0.15, 0.2) is 22.8 Å². The van der Waals surface area contributed by atoms with Crippen molar-refractivity contribution >= 4 is 56.2 Å². The van der Waals surface area contributed by atoms with E-state index in [9.17, 15) is 0 Å². The van der Waals surface area contributed by atoms with Crippen molar-refractivity contribution in [1.82, 2.24) is 4.98 Å². The molecule has 0 saturated heterocycles. The molecule has 1 heterocycles. The van der Waals surface area contributed by atoms with Crippen LogP contribution in [0, 0.1) is 0 Å². The largest absolute Gasteiger partial charge is 0.493 e. The van der Waals surface area contributed by atoms with Gasteiger partial charge in [-0.3, -0.25) is 0 Å². The Balaban J connectivity index is 2.18. The zero-order chi connectivity index (χ0) is 13.1. The Morgan fingerprint density at radius 3 is 2.83 bits per heavy atom. The summed E-state index contributed by atoms with van der Waals surface area (Å²) in [6.45, 7) is 0.619. The molecule has 1 N–H and O–H groups in total. The topological polar surface area (TPSA) is 34.1 Å². The lowest BCUT2D eigenvalue weighted by atomic mass is 10.3. The maximum Gasteiger partial charge on any atom is 0.183 e. The van der Waals surface area contributed by atoms with Gasteiger partial charge in [-0.05, 0) is 28.1 Å². The Labute approximate surface area is 127 Å². The summed E-state index contributed by atoms with van der Waals surface area (Å²) in [6, 6.07) is 3.60. The summed E-state index contributed by atoms with van der Waals surface area (Å²) in [5.41, 5.74) is 0.821. The molecule has 96 valence electrons. The van der Waals surface area contributed by atoms with Gasteiger partial charge >= 0.3 is 0 Å². The Kier molecular flexibility index (Phi) is 4.72. The van der Waals surface area contributed by atoms with E-state index in [4.69, 9.17) is 27.9 Å². The first-order valence-electron chi connectivity index (χ1n) is 4.97. The lowest BCUT2D eigenvalue weighted by molar-refractivity contribution is 0.414. The van der Waals surface area contributed by atoms with E-state index in [0.29, 0.717) is 16.0 Å². The van der Waals surface area contributed by atoms with Crippen molar-refractivity contribution in [3.63, 3.8) is 0 Å². The van der Waals surface area contributed by atoms with Crippen LogP contribution in [-0.2, 0) is 6.54 Å². The molecule has 0 bridgehead atoms. The van der Waals surface area contributed by atoms with Crippen molar-refractivity contribution < 1.29 is 4.74 Å². The van der Waals surface area contributed by atoms with Crippen LogP contribution in [0.3, 0.4) is 0 Å². The first-order valence-corrected chi connectivity index (χ1v) is 7.34. The first-order chi connectivity index (χ1) is 8.60. The van der Waals surface area contributed by atoms with Crippen LogP contribution in [0.1, 0.15) is 4.88 Å². The average molecular weight is 368 g/mol. The quantitative estimate of drug-likeness (QED) is 0.839. The van der Waals surface area contributed by atoms with Crippen molar-refractivity contribution in [2.24, 2.45) is 0 Å². The molecule has 3 nitrogen and oxygen atoms in total. The fourth-order valence-corrected chi connectivity index (χ4v) is 3.34. The predicted octanol–water partition coefficient (Wildman–Crippen LogP) is 4.83. The molecule has 7 heteroatoms. The molecule has 18 heavy (non-hydrogen) atoms. The Morgan fingerprint density at radius 1 is 1.44 bits per heavy atom. The fraction of sp³-hybridized carbons (Fsp3) is 0.182. The van der Waals surface area contributed by atoms with Gasteiger partial charge < -0.3 is 10.1 Å².